The second-order valence-corrected chi connectivity index (χ2v) is 7.18. The van der Waals surface area contributed by atoms with Gasteiger partial charge in [0.15, 0.2) is 11.5 Å². The Morgan fingerprint density at radius 2 is 1.84 bits per heavy atom. The van der Waals surface area contributed by atoms with Crippen LogP contribution in [0.1, 0.15) is 25.0 Å². The third-order valence-corrected chi connectivity index (χ3v) is 4.15. The lowest BCUT2D eigenvalue weighted by atomic mass is 10.1. The summed E-state index contributed by atoms with van der Waals surface area (Å²) >= 11 is 3.51. The molecular weight excluding hydrogens is 406 g/mol. The van der Waals surface area contributed by atoms with Crippen LogP contribution >= 0.6 is 28.3 Å². The van der Waals surface area contributed by atoms with Crippen molar-refractivity contribution in [3.63, 3.8) is 0 Å². The van der Waals surface area contributed by atoms with Crippen LogP contribution in [0.3, 0.4) is 0 Å². The molecule has 0 atom stereocenters. The highest BCUT2D eigenvalue weighted by atomic mass is 79.9. The monoisotopic (exact) mass is 429 g/mol. The van der Waals surface area contributed by atoms with Gasteiger partial charge in [-0.05, 0) is 31.5 Å². The molecule has 0 aliphatic carbocycles. The molecule has 25 heavy (non-hydrogen) atoms. The zero-order chi connectivity index (χ0) is 17.6. The fraction of sp³-hybridized carbons (Fsp3) is 0.368. The number of halogens is 2. The van der Waals surface area contributed by atoms with E-state index in [0.29, 0.717) is 24.7 Å². The molecule has 138 valence electrons. The largest absolute Gasteiger partial charge is 0.493 e. The molecule has 0 amide bonds. The van der Waals surface area contributed by atoms with Gasteiger partial charge in [0, 0.05) is 22.1 Å². The van der Waals surface area contributed by atoms with E-state index in [-0.39, 0.29) is 24.6 Å². The second kappa shape index (κ2) is 10.0. The molecule has 0 heterocycles. The third-order valence-electron chi connectivity index (χ3n) is 3.70. The van der Waals surface area contributed by atoms with Crippen molar-refractivity contribution in [2.45, 2.75) is 32.5 Å². The van der Waals surface area contributed by atoms with Gasteiger partial charge in [0.25, 0.3) is 0 Å². The Morgan fingerprint density at radius 3 is 2.44 bits per heavy atom. The Labute approximate surface area is 164 Å². The zero-order valence-electron chi connectivity index (χ0n) is 14.7. The molecule has 0 radical (unpaired) electrons. The van der Waals surface area contributed by atoms with Crippen LogP contribution in [0.5, 0.6) is 11.5 Å². The first kappa shape index (κ1) is 21.8. The highest BCUT2D eigenvalue weighted by molar-refractivity contribution is 9.10. The molecule has 6 heteroatoms. The summed E-state index contributed by atoms with van der Waals surface area (Å²) in [5.41, 5.74) is 1.70. The van der Waals surface area contributed by atoms with Crippen molar-refractivity contribution in [3.05, 3.63) is 58.1 Å². The topological polar surface area (TPSA) is 50.7 Å². The minimum Gasteiger partial charge on any atom is -0.493 e. The summed E-state index contributed by atoms with van der Waals surface area (Å²) in [6.45, 7) is 4.99. The van der Waals surface area contributed by atoms with Gasteiger partial charge in [-0.3, -0.25) is 0 Å². The number of hydrogen-bond acceptors (Lipinski definition) is 4. The van der Waals surface area contributed by atoms with Gasteiger partial charge in [0.1, 0.15) is 6.61 Å². The molecule has 2 aromatic rings. The van der Waals surface area contributed by atoms with Gasteiger partial charge in [-0.25, -0.2) is 0 Å². The second-order valence-electron chi connectivity index (χ2n) is 6.27. The summed E-state index contributed by atoms with van der Waals surface area (Å²) in [5.74, 6) is 1.39. The number of rotatable bonds is 8. The number of methoxy groups -OCH3 is 1. The van der Waals surface area contributed by atoms with E-state index in [2.05, 4.69) is 21.2 Å². The fourth-order valence-electron chi connectivity index (χ4n) is 2.19. The van der Waals surface area contributed by atoms with Crippen molar-refractivity contribution in [2.75, 3.05) is 13.7 Å². The predicted octanol–water partition coefficient (Wildman–Crippen LogP) is 4.32. The molecule has 0 saturated carbocycles. The Hall–Kier alpha value is -1.27. The van der Waals surface area contributed by atoms with Crippen molar-refractivity contribution in [2.24, 2.45) is 0 Å². The molecule has 0 aliphatic rings. The first-order chi connectivity index (χ1) is 11.4. The van der Waals surface area contributed by atoms with Crippen molar-refractivity contribution in [3.8, 4) is 11.5 Å². The molecule has 0 unspecified atom stereocenters. The molecule has 2 rings (SSSR count). The summed E-state index contributed by atoms with van der Waals surface area (Å²) in [6, 6.07) is 13.9. The van der Waals surface area contributed by atoms with Crippen LogP contribution in [-0.4, -0.2) is 24.4 Å². The Bertz CT molecular complexity index is 665. The van der Waals surface area contributed by atoms with Gasteiger partial charge in [-0.1, -0.05) is 46.3 Å². The van der Waals surface area contributed by atoms with Gasteiger partial charge in [-0.15, -0.1) is 12.4 Å². The normalized spacial score (nSPS) is 10.9. The highest BCUT2D eigenvalue weighted by Crippen LogP contribution is 2.35. The van der Waals surface area contributed by atoms with Crippen molar-refractivity contribution < 1.29 is 14.6 Å². The van der Waals surface area contributed by atoms with Gasteiger partial charge in [0.2, 0.25) is 0 Å². The standard InChI is InChI=1S/C19H24BrNO3.ClH/c1-19(2,13-22)21-11-15-9-16(20)10-17(23-3)18(15)24-12-14-7-5-4-6-8-14;/h4-10,21-22H,11-13H2,1-3H3;1H. The number of aliphatic hydroxyl groups excluding tert-OH is 1. The average Bonchev–Trinajstić information content (AvgIpc) is 2.59. The van der Waals surface area contributed by atoms with Crippen LogP contribution in [0, 0.1) is 0 Å². The van der Waals surface area contributed by atoms with Gasteiger partial charge >= 0.3 is 0 Å². The van der Waals surface area contributed by atoms with E-state index in [0.717, 1.165) is 15.6 Å². The average molecular weight is 431 g/mol. The Kier molecular flexibility index (Phi) is 8.73. The van der Waals surface area contributed by atoms with E-state index in [1.54, 1.807) is 7.11 Å². The summed E-state index contributed by atoms with van der Waals surface area (Å²) in [5, 5.41) is 12.8. The number of hydrogen-bond donors (Lipinski definition) is 2. The fourth-order valence-corrected chi connectivity index (χ4v) is 2.67. The van der Waals surface area contributed by atoms with E-state index in [1.807, 2.05) is 56.3 Å². The molecular formula is C19H25BrClNO3. The van der Waals surface area contributed by atoms with Crippen LogP contribution in [0.2, 0.25) is 0 Å². The van der Waals surface area contributed by atoms with Gasteiger partial charge < -0.3 is 19.9 Å². The maximum atomic E-state index is 9.42. The molecule has 0 saturated heterocycles. The molecule has 0 spiro atoms. The van der Waals surface area contributed by atoms with E-state index in [1.165, 1.54) is 0 Å². The van der Waals surface area contributed by atoms with Crippen molar-refractivity contribution in [1.29, 1.82) is 0 Å². The number of ether oxygens (including phenoxy) is 2. The molecule has 4 nitrogen and oxygen atoms in total. The summed E-state index contributed by atoms with van der Waals surface area (Å²) < 4.78 is 12.5. The summed E-state index contributed by atoms with van der Waals surface area (Å²) in [7, 11) is 1.63. The smallest absolute Gasteiger partial charge is 0.166 e. The maximum Gasteiger partial charge on any atom is 0.166 e. The SMILES string of the molecule is COc1cc(Br)cc(CNC(C)(C)CO)c1OCc1ccccc1.Cl. The molecule has 0 fully saturated rings. The zero-order valence-corrected chi connectivity index (χ0v) is 17.1. The molecule has 0 aromatic heterocycles. The van der Waals surface area contributed by atoms with Crippen molar-refractivity contribution >= 4 is 28.3 Å². The Balaban J connectivity index is 0.00000312. The molecule has 2 aromatic carbocycles. The van der Waals surface area contributed by atoms with E-state index in [4.69, 9.17) is 9.47 Å². The number of nitrogens with one attached hydrogen (secondary N) is 1. The first-order valence-electron chi connectivity index (χ1n) is 7.84. The quantitative estimate of drug-likeness (QED) is 0.655. The van der Waals surface area contributed by atoms with Crippen LogP contribution in [0.15, 0.2) is 46.9 Å². The van der Waals surface area contributed by atoms with Crippen LogP contribution in [0.4, 0.5) is 0 Å². The molecule has 2 N–H and O–H groups in total. The van der Waals surface area contributed by atoms with Gasteiger partial charge in [0.05, 0.1) is 13.7 Å². The number of benzene rings is 2. The van der Waals surface area contributed by atoms with E-state index >= 15 is 0 Å². The lowest BCUT2D eigenvalue weighted by molar-refractivity contribution is 0.186. The lowest BCUT2D eigenvalue weighted by Crippen LogP contribution is -2.42. The summed E-state index contributed by atoms with van der Waals surface area (Å²) in [4.78, 5) is 0. The lowest BCUT2D eigenvalue weighted by Gasteiger charge is -2.25. The van der Waals surface area contributed by atoms with Gasteiger partial charge in [-0.2, -0.15) is 0 Å². The first-order valence-corrected chi connectivity index (χ1v) is 8.63. The third kappa shape index (κ3) is 6.51. The maximum absolute atomic E-state index is 9.42. The minimum absolute atomic E-state index is 0. The Morgan fingerprint density at radius 1 is 1.16 bits per heavy atom. The number of aliphatic hydroxyl groups is 1. The van der Waals surface area contributed by atoms with Crippen LogP contribution < -0.4 is 14.8 Å². The minimum atomic E-state index is -0.369. The van der Waals surface area contributed by atoms with E-state index in [9.17, 15) is 5.11 Å². The van der Waals surface area contributed by atoms with Crippen LogP contribution in [0.25, 0.3) is 0 Å². The molecule has 0 aliphatic heterocycles. The summed E-state index contributed by atoms with van der Waals surface area (Å²) in [6.07, 6.45) is 0. The van der Waals surface area contributed by atoms with Crippen LogP contribution in [-0.2, 0) is 13.2 Å². The van der Waals surface area contributed by atoms with Crippen molar-refractivity contribution in [1.82, 2.24) is 5.32 Å². The highest BCUT2D eigenvalue weighted by Gasteiger charge is 2.18. The van der Waals surface area contributed by atoms with E-state index < -0.39 is 0 Å². The molecule has 0 bridgehead atoms. The predicted molar refractivity (Wildman–Crippen MR) is 107 cm³/mol.